The molecule has 2 aromatic heterocycles. The summed E-state index contributed by atoms with van der Waals surface area (Å²) >= 11 is 6.43. The Balaban J connectivity index is 1.70. The lowest BCUT2D eigenvalue weighted by Gasteiger charge is -2.47. The minimum absolute atomic E-state index is 0.0846. The first-order chi connectivity index (χ1) is 20.0. The molecule has 0 aliphatic rings. The second-order valence-electron chi connectivity index (χ2n) is 14.7. The van der Waals surface area contributed by atoms with E-state index in [0.717, 1.165) is 39.0 Å². The van der Waals surface area contributed by atoms with Crippen molar-refractivity contribution in [3.05, 3.63) is 64.1 Å². The fraction of sp³-hybridized carbons (Fsp3) is 0.486. The predicted octanol–water partition coefficient (Wildman–Crippen LogP) is 9.60. The fourth-order valence-corrected chi connectivity index (χ4v) is 8.67. The smallest absolute Gasteiger partial charge is 0.160 e. The van der Waals surface area contributed by atoms with Crippen molar-refractivity contribution in [2.24, 2.45) is 5.41 Å². The van der Waals surface area contributed by atoms with Crippen molar-refractivity contribution in [2.45, 2.75) is 104 Å². The number of sulfone groups is 1. The van der Waals surface area contributed by atoms with Gasteiger partial charge in [-0.15, -0.1) is 0 Å². The molecule has 2 N–H and O–H groups in total. The summed E-state index contributed by atoms with van der Waals surface area (Å²) in [6.45, 7) is 22.9. The summed E-state index contributed by atoms with van der Waals surface area (Å²) in [6, 6.07) is 9.83. The molecule has 0 bridgehead atoms. The lowest BCUT2D eigenvalue weighted by molar-refractivity contribution is 0.181. The van der Waals surface area contributed by atoms with Crippen molar-refractivity contribution in [1.82, 2.24) is 9.97 Å². The van der Waals surface area contributed by atoms with Gasteiger partial charge in [0.25, 0.3) is 0 Å². The fourth-order valence-electron chi connectivity index (χ4n) is 6.10. The number of hydrogen-bond donors (Lipinski definition) is 2. The molecule has 4 aromatic rings. The number of benzene rings is 2. The first-order valence-electron chi connectivity index (χ1n) is 14.9. The SMILES string of the molecule is Cc1c(C)c(Nc2ncnc3ccc(-c4ccc(C(C)(C)CC(C)(C)C(C)(C)S(=O)(=O)C(C)(C)C)o4)cc23)c(C)c(Cl)c1O. The number of halogens is 1. The average Bonchev–Trinajstić information content (AvgIpc) is 3.43. The number of aromatic nitrogens is 2. The lowest BCUT2D eigenvalue weighted by atomic mass is 9.68. The molecular formula is C35H46ClN3O4S. The van der Waals surface area contributed by atoms with Crippen LogP contribution in [-0.4, -0.2) is 33.0 Å². The topological polar surface area (TPSA) is 105 Å². The molecule has 0 saturated heterocycles. The van der Waals surface area contributed by atoms with Crippen LogP contribution in [0.25, 0.3) is 22.2 Å². The Hall–Kier alpha value is -3.10. The summed E-state index contributed by atoms with van der Waals surface area (Å²) in [5.41, 5.74) is 3.74. The van der Waals surface area contributed by atoms with E-state index in [4.69, 9.17) is 16.0 Å². The van der Waals surface area contributed by atoms with Crippen LogP contribution in [0.1, 0.15) is 91.2 Å². The lowest BCUT2D eigenvalue weighted by Crippen LogP contribution is -2.54. The second kappa shape index (κ2) is 11.1. The number of anilines is 2. The van der Waals surface area contributed by atoms with Gasteiger partial charge in [-0.25, -0.2) is 18.4 Å². The maximum absolute atomic E-state index is 13.6. The highest BCUT2D eigenvalue weighted by molar-refractivity contribution is 7.94. The van der Waals surface area contributed by atoms with Crippen molar-refractivity contribution < 1.29 is 17.9 Å². The Bertz CT molecular complexity index is 1820. The van der Waals surface area contributed by atoms with E-state index in [9.17, 15) is 13.5 Å². The van der Waals surface area contributed by atoms with E-state index in [0.29, 0.717) is 28.6 Å². The maximum atomic E-state index is 13.6. The Kier molecular flexibility index (Phi) is 8.49. The minimum Gasteiger partial charge on any atom is -0.506 e. The number of hydrogen-bond acceptors (Lipinski definition) is 7. The Morgan fingerprint density at radius 3 is 2.14 bits per heavy atom. The van der Waals surface area contributed by atoms with Crippen LogP contribution in [0.15, 0.2) is 41.1 Å². The molecule has 238 valence electrons. The summed E-state index contributed by atoms with van der Waals surface area (Å²) < 4.78 is 31.9. The summed E-state index contributed by atoms with van der Waals surface area (Å²) in [6.07, 6.45) is 2.11. The monoisotopic (exact) mass is 639 g/mol. The van der Waals surface area contributed by atoms with E-state index in [1.807, 2.05) is 78.8 Å². The van der Waals surface area contributed by atoms with Crippen LogP contribution < -0.4 is 5.32 Å². The van der Waals surface area contributed by atoms with E-state index in [1.165, 1.54) is 6.33 Å². The van der Waals surface area contributed by atoms with Crippen molar-refractivity contribution in [3.63, 3.8) is 0 Å². The molecule has 0 atom stereocenters. The molecule has 0 spiro atoms. The van der Waals surface area contributed by atoms with Crippen LogP contribution in [-0.2, 0) is 15.3 Å². The highest BCUT2D eigenvalue weighted by Gasteiger charge is 2.53. The standard InChI is InChI=1S/C35H46ClN3O4S/c1-20-21(2)30(40)28(36)22(3)29(20)39-31-24-17-23(13-14-25(24)37-19-38-31)26-15-16-27(43-26)33(7,8)18-34(9,10)35(11,12)44(41,42)32(4,5)6/h13-17,19,40H,18H2,1-12H3,(H,37,38,39). The molecule has 0 fully saturated rings. The number of furan rings is 1. The summed E-state index contributed by atoms with van der Waals surface area (Å²) in [5, 5.41) is 14.9. The molecule has 0 unspecified atom stereocenters. The molecule has 2 aromatic carbocycles. The van der Waals surface area contributed by atoms with Crippen molar-refractivity contribution >= 4 is 43.8 Å². The second-order valence-corrected chi connectivity index (χ2v) is 18.4. The van der Waals surface area contributed by atoms with Crippen LogP contribution in [0.2, 0.25) is 5.02 Å². The molecule has 2 heterocycles. The van der Waals surface area contributed by atoms with Crippen molar-refractivity contribution in [3.8, 4) is 17.1 Å². The normalized spacial score (nSPS) is 13.5. The van der Waals surface area contributed by atoms with Crippen molar-refractivity contribution in [2.75, 3.05) is 5.32 Å². The molecule has 0 saturated carbocycles. The molecule has 0 aliphatic carbocycles. The number of aromatic hydroxyl groups is 1. The zero-order valence-electron chi connectivity index (χ0n) is 28.0. The third-order valence-corrected chi connectivity index (χ3v) is 13.6. The van der Waals surface area contributed by atoms with E-state index >= 15 is 0 Å². The molecule has 0 aliphatic heterocycles. The van der Waals surface area contributed by atoms with Crippen LogP contribution in [0.5, 0.6) is 5.75 Å². The van der Waals surface area contributed by atoms with E-state index in [-0.39, 0.29) is 5.75 Å². The highest BCUT2D eigenvalue weighted by Crippen LogP contribution is 2.49. The molecule has 4 rings (SSSR count). The first-order valence-corrected chi connectivity index (χ1v) is 16.7. The largest absolute Gasteiger partial charge is 0.506 e. The molecule has 44 heavy (non-hydrogen) atoms. The predicted molar refractivity (Wildman–Crippen MR) is 182 cm³/mol. The van der Waals surface area contributed by atoms with Crippen LogP contribution in [0.4, 0.5) is 11.5 Å². The van der Waals surface area contributed by atoms with Gasteiger partial charge < -0.3 is 14.8 Å². The van der Waals surface area contributed by atoms with Gasteiger partial charge in [0.2, 0.25) is 0 Å². The van der Waals surface area contributed by atoms with Gasteiger partial charge in [-0.1, -0.05) is 39.3 Å². The van der Waals surface area contributed by atoms with Gasteiger partial charge in [-0.05, 0) is 114 Å². The Morgan fingerprint density at radius 1 is 0.886 bits per heavy atom. The van der Waals surface area contributed by atoms with Gasteiger partial charge in [0.1, 0.15) is 29.4 Å². The van der Waals surface area contributed by atoms with Crippen LogP contribution in [0.3, 0.4) is 0 Å². The van der Waals surface area contributed by atoms with Gasteiger partial charge in [0, 0.05) is 22.1 Å². The van der Waals surface area contributed by atoms with E-state index in [2.05, 4.69) is 29.1 Å². The number of fused-ring (bicyclic) bond motifs is 1. The van der Waals surface area contributed by atoms with Crippen molar-refractivity contribution in [1.29, 1.82) is 0 Å². The van der Waals surface area contributed by atoms with Crippen LogP contribution in [0, 0.1) is 26.2 Å². The number of phenols is 1. The highest BCUT2D eigenvalue weighted by atomic mass is 35.5. The van der Waals surface area contributed by atoms with Gasteiger partial charge in [0.05, 0.1) is 20.0 Å². The van der Waals surface area contributed by atoms with Gasteiger partial charge in [0.15, 0.2) is 9.84 Å². The molecule has 0 radical (unpaired) electrons. The Morgan fingerprint density at radius 2 is 1.52 bits per heavy atom. The molecule has 9 heteroatoms. The van der Waals surface area contributed by atoms with Gasteiger partial charge in [-0.2, -0.15) is 0 Å². The third-order valence-electron chi connectivity index (χ3n) is 9.63. The summed E-state index contributed by atoms with van der Waals surface area (Å²) in [7, 11) is -3.45. The zero-order valence-corrected chi connectivity index (χ0v) is 29.6. The summed E-state index contributed by atoms with van der Waals surface area (Å²) in [4.78, 5) is 9.00. The molecule has 7 nitrogen and oxygen atoms in total. The van der Waals surface area contributed by atoms with E-state index in [1.54, 1.807) is 20.8 Å². The van der Waals surface area contributed by atoms with E-state index < -0.39 is 30.2 Å². The average molecular weight is 640 g/mol. The molecule has 0 amide bonds. The number of nitrogens with zero attached hydrogens (tertiary/aromatic N) is 2. The quantitative estimate of drug-likeness (QED) is 0.185. The number of rotatable bonds is 8. The zero-order chi connectivity index (χ0) is 33.2. The number of phenolic OH excluding ortho intramolecular Hbond substituents is 1. The Labute approximate surface area is 267 Å². The first kappa shape index (κ1) is 33.8. The minimum atomic E-state index is -3.45. The van der Waals surface area contributed by atoms with Crippen LogP contribution >= 0.6 is 11.6 Å². The van der Waals surface area contributed by atoms with Gasteiger partial charge in [-0.3, -0.25) is 0 Å². The third kappa shape index (κ3) is 5.60. The summed E-state index contributed by atoms with van der Waals surface area (Å²) in [5.74, 6) is 2.18. The van der Waals surface area contributed by atoms with Gasteiger partial charge >= 0.3 is 0 Å². The number of nitrogens with one attached hydrogen (secondary N) is 1. The maximum Gasteiger partial charge on any atom is 0.160 e. The molecular weight excluding hydrogens is 594 g/mol.